The Kier molecular flexibility index (Phi) is 5.66. The van der Waals surface area contributed by atoms with Crippen LogP contribution in [-0.2, 0) is 24.2 Å². The number of carbonyl (C=O) groups excluding carboxylic acids is 1. The highest BCUT2D eigenvalue weighted by molar-refractivity contribution is 5.76. The minimum absolute atomic E-state index is 0.112. The summed E-state index contributed by atoms with van der Waals surface area (Å²) in [7, 11) is 4.19. The van der Waals surface area contributed by atoms with Gasteiger partial charge in [0.15, 0.2) is 0 Å². The van der Waals surface area contributed by atoms with E-state index in [9.17, 15) is 4.79 Å². The van der Waals surface area contributed by atoms with Gasteiger partial charge in [-0.3, -0.25) is 14.6 Å². The van der Waals surface area contributed by atoms with Gasteiger partial charge in [0.25, 0.3) is 0 Å². The maximum atomic E-state index is 12.2. The second-order valence-electron chi connectivity index (χ2n) is 8.94. The molecule has 2 saturated heterocycles. The molecule has 1 spiro atoms. The third-order valence-electron chi connectivity index (χ3n) is 7.19. The van der Waals surface area contributed by atoms with E-state index < -0.39 is 0 Å². The number of aryl methyl sites for hydroxylation is 2. The van der Waals surface area contributed by atoms with Gasteiger partial charge >= 0.3 is 0 Å². The van der Waals surface area contributed by atoms with Crippen LogP contribution in [0.4, 0.5) is 0 Å². The van der Waals surface area contributed by atoms with Gasteiger partial charge in [0.1, 0.15) is 5.75 Å². The normalized spacial score (nSPS) is 26.5. The van der Waals surface area contributed by atoms with Crippen molar-refractivity contribution < 1.29 is 9.53 Å². The smallest absolute Gasteiger partial charge is 0.222 e. The van der Waals surface area contributed by atoms with Crippen molar-refractivity contribution in [3.63, 3.8) is 0 Å². The van der Waals surface area contributed by atoms with Gasteiger partial charge in [-0.05, 0) is 63.3 Å². The van der Waals surface area contributed by atoms with Gasteiger partial charge in [-0.15, -0.1) is 0 Å². The topological polar surface area (TPSA) is 36.0 Å². The van der Waals surface area contributed by atoms with Crippen LogP contribution in [0.2, 0.25) is 0 Å². The molecular weight excluding hydrogens is 350 g/mol. The summed E-state index contributed by atoms with van der Waals surface area (Å²) < 4.78 is 6.02. The largest absolute Gasteiger partial charge is 0.494 e. The molecule has 1 aromatic carbocycles. The summed E-state index contributed by atoms with van der Waals surface area (Å²) in [5.74, 6) is 1.37. The highest BCUT2D eigenvalue weighted by atomic mass is 16.5. The van der Waals surface area contributed by atoms with Crippen LogP contribution < -0.4 is 4.74 Å². The summed E-state index contributed by atoms with van der Waals surface area (Å²) in [4.78, 5) is 19.2. The molecule has 28 heavy (non-hydrogen) atoms. The molecule has 3 aliphatic rings. The lowest BCUT2D eigenvalue weighted by Crippen LogP contribution is -2.60. The van der Waals surface area contributed by atoms with Crippen LogP contribution in [0.3, 0.4) is 0 Å². The van der Waals surface area contributed by atoms with Crippen molar-refractivity contribution in [3.8, 4) is 5.75 Å². The predicted molar refractivity (Wildman–Crippen MR) is 112 cm³/mol. The van der Waals surface area contributed by atoms with Crippen molar-refractivity contribution in [1.29, 1.82) is 0 Å². The minimum atomic E-state index is 0.112. The Balaban J connectivity index is 1.53. The molecule has 1 atom stereocenters. The molecule has 0 N–H and O–H groups in total. The van der Waals surface area contributed by atoms with Crippen molar-refractivity contribution >= 4 is 5.91 Å². The average Bonchev–Trinajstić information content (AvgIpc) is 3.09. The molecule has 2 aliphatic heterocycles. The first kappa shape index (κ1) is 19.7. The van der Waals surface area contributed by atoms with Crippen molar-refractivity contribution in [1.82, 2.24) is 14.7 Å². The molecule has 2 heterocycles. The highest BCUT2D eigenvalue weighted by Crippen LogP contribution is 2.35. The van der Waals surface area contributed by atoms with Gasteiger partial charge in [-0.25, -0.2) is 0 Å². The SMILES string of the molecule is CCOc1cc2c(cc1CN1CCN(C)C3(CCC(=O)N(C)CC3)C1)CCC2. The summed E-state index contributed by atoms with van der Waals surface area (Å²) in [6, 6.07) is 4.70. The Morgan fingerprint density at radius 2 is 1.82 bits per heavy atom. The molecule has 1 aromatic rings. The second-order valence-corrected chi connectivity index (χ2v) is 8.94. The molecule has 0 saturated carbocycles. The number of hydrogen-bond acceptors (Lipinski definition) is 4. The first-order valence-electron chi connectivity index (χ1n) is 11.0. The van der Waals surface area contributed by atoms with E-state index in [4.69, 9.17) is 4.74 Å². The Bertz CT molecular complexity index is 735. The van der Waals surface area contributed by atoms with E-state index in [-0.39, 0.29) is 5.54 Å². The quantitative estimate of drug-likeness (QED) is 0.798. The Labute approximate surface area is 169 Å². The summed E-state index contributed by atoms with van der Waals surface area (Å²) in [6.07, 6.45) is 6.35. The average molecular weight is 386 g/mol. The van der Waals surface area contributed by atoms with Gasteiger partial charge in [-0.2, -0.15) is 0 Å². The van der Waals surface area contributed by atoms with E-state index in [2.05, 4.69) is 35.9 Å². The molecule has 0 aromatic heterocycles. The lowest BCUT2D eigenvalue weighted by molar-refractivity contribution is -0.129. The van der Waals surface area contributed by atoms with Gasteiger partial charge < -0.3 is 9.64 Å². The number of likely N-dealkylation sites (tertiary alicyclic amines) is 1. The van der Waals surface area contributed by atoms with Crippen molar-refractivity contribution in [2.24, 2.45) is 0 Å². The van der Waals surface area contributed by atoms with Gasteiger partial charge in [0.2, 0.25) is 5.91 Å². The number of carbonyl (C=O) groups is 1. The van der Waals surface area contributed by atoms with E-state index in [0.717, 1.165) is 51.3 Å². The van der Waals surface area contributed by atoms with E-state index in [1.165, 1.54) is 36.0 Å². The molecule has 1 unspecified atom stereocenters. The fraction of sp³-hybridized carbons (Fsp3) is 0.696. The monoisotopic (exact) mass is 385 g/mol. The minimum Gasteiger partial charge on any atom is -0.494 e. The number of rotatable bonds is 4. The lowest BCUT2D eigenvalue weighted by Gasteiger charge is -2.49. The van der Waals surface area contributed by atoms with Gasteiger partial charge in [-0.1, -0.05) is 6.07 Å². The molecule has 0 bridgehead atoms. The molecule has 5 nitrogen and oxygen atoms in total. The van der Waals surface area contributed by atoms with Crippen LogP contribution in [0.15, 0.2) is 12.1 Å². The molecule has 2 fully saturated rings. The van der Waals surface area contributed by atoms with E-state index in [1.54, 1.807) is 0 Å². The zero-order chi connectivity index (χ0) is 19.7. The number of hydrogen-bond donors (Lipinski definition) is 0. The Hall–Kier alpha value is -1.59. The predicted octanol–water partition coefficient (Wildman–Crippen LogP) is 2.70. The fourth-order valence-corrected chi connectivity index (χ4v) is 5.28. The van der Waals surface area contributed by atoms with E-state index in [0.29, 0.717) is 18.9 Å². The van der Waals surface area contributed by atoms with Crippen LogP contribution in [0.25, 0.3) is 0 Å². The van der Waals surface area contributed by atoms with Crippen molar-refractivity contribution in [2.75, 3.05) is 46.9 Å². The highest BCUT2D eigenvalue weighted by Gasteiger charge is 2.41. The summed E-state index contributed by atoms with van der Waals surface area (Å²) >= 11 is 0. The molecule has 154 valence electrons. The Morgan fingerprint density at radius 3 is 2.61 bits per heavy atom. The lowest BCUT2D eigenvalue weighted by atomic mass is 9.86. The number of piperazine rings is 1. The Morgan fingerprint density at radius 1 is 1.04 bits per heavy atom. The number of ether oxygens (including phenoxy) is 1. The third-order valence-corrected chi connectivity index (χ3v) is 7.19. The number of likely N-dealkylation sites (N-methyl/N-ethyl adjacent to an activating group) is 1. The van der Waals surface area contributed by atoms with Gasteiger partial charge in [0, 0.05) is 57.3 Å². The molecular formula is C23H35N3O2. The molecule has 5 heteroatoms. The summed E-state index contributed by atoms with van der Waals surface area (Å²) in [5.41, 5.74) is 4.45. The van der Waals surface area contributed by atoms with E-state index >= 15 is 0 Å². The molecule has 0 radical (unpaired) electrons. The number of nitrogens with zero attached hydrogens (tertiary/aromatic N) is 3. The molecule has 1 amide bonds. The van der Waals surface area contributed by atoms with Crippen LogP contribution in [-0.4, -0.2) is 73.0 Å². The first-order valence-corrected chi connectivity index (χ1v) is 11.0. The van der Waals surface area contributed by atoms with Crippen molar-refractivity contribution in [3.05, 3.63) is 28.8 Å². The van der Waals surface area contributed by atoms with Crippen molar-refractivity contribution in [2.45, 2.75) is 57.5 Å². The maximum absolute atomic E-state index is 12.2. The zero-order valence-electron chi connectivity index (χ0n) is 17.8. The van der Waals surface area contributed by atoms with Crippen LogP contribution in [0.1, 0.15) is 49.3 Å². The summed E-state index contributed by atoms with van der Waals surface area (Å²) in [5, 5.41) is 0. The zero-order valence-corrected chi connectivity index (χ0v) is 17.8. The van der Waals surface area contributed by atoms with E-state index in [1.807, 2.05) is 11.9 Å². The third kappa shape index (κ3) is 3.79. The summed E-state index contributed by atoms with van der Waals surface area (Å²) in [6.45, 7) is 7.76. The number of fused-ring (bicyclic) bond motifs is 1. The number of benzene rings is 1. The molecule has 1 aliphatic carbocycles. The van der Waals surface area contributed by atoms with Crippen LogP contribution in [0, 0.1) is 0 Å². The van der Waals surface area contributed by atoms with Crippen LogP contribution >= 0.6 is 0 Å². The number of amides is 1. The second kappa shape index (κ2) is 8.03. The fourth-order valence-electron chi connectivity index (χ4n) is 5.28. The standard InChI is InChI=1S/C23H35N3O2/c1-4-28-21-15-19-7-5-6-18(19)14-20(21)16-26-13-12-25(3)23(17-26)9-8-22(27)24(2)11-10-23/h14-15H,4-13,16-17H2,1-3H3. The maximum Gasteiger partial charge on any atom is 0.222 e. The first-order chi connectivity index (χ1) is 13.5. The molecule has 4 rings (SSSR count). The van der Waals surface area contributed by atoms with Crippen LogP contribution in [0.5, 0.6) is 5.75 Å². The van der Waals surface area contributed by atoms with Gasteiger partial charge in [0.05, 0.1) is 6.61 Å².